The molecule has 5 nitrogen and oxygen atoms in total. The van der Waals surface area contributed by atoms with E-state index >= 15 is 0 Å². The predicted molar refractivity (Wildman–Crippen MR) is 87.9 cm³/mol. The Labute approximate surface area is 134 Å². The van der Waals surface area contributed by atoms with Crippen LogP contribution in [0.3, 0.4) is 0 Å². The van der Waals surface area contributed by atoms with Gasteiger partial charge >= 0.3 is 0 Å². The molecule has 1 heterocycles. The van der Waals surface area contributed by atoms with Crippen molar-refractivity contribution in [2.75, 3.05) is 13.7 Å². The van der Waals surface area contributed by atoms with Crippen molar-refractivity contribution in [3.05, 3.63) is 40.2 Å². The van der Waals surface area contributed by atoms with E-state index in [9.17, 15) is 9.59 Å². The fourth-order valence-electron chi connectivity index (χ4n) is 3.09. The molecule has 1 saturated carbocycles. The van der Waals surface area contributed by atoms with E-state index in [0.29, 0.717) is 29.2 Å². The lowest BCUT2D eigenvalue weighted by atomic mass is 9.89. The second-order valence-corrected chi connectivity index (χ2v) is 6.05. The zero-order valence-electron chi connectivity index (χ0n) is 13.3. The molecule has 1 amide bonds. The molecule has 0 radical (unpaired) electrons. The molecular formula is C18H21NO4. The van der Waals surface area contributed by atoms with Crippen LogP contribution in [0, 0.1) is 5.92 Å². The van der Waals surface area contributed by atoms with Crippen LogP contribution in [-0.4, -0.2) is 19.6 Å². The summed E-state index contributed by atoms with van der Waals surface area (Å²) in [6, 6.07) is 6.21. The minimum atomic E-state index is -0.336. The van der Waals surface area contributed by atoms with Crippen LogP contribution in [0.25, 0.3) is 11.0 Å². The van der Waals surface area contributed by atoms with E-state index in [1.165, 1.54) is 25.3 Å². The maximum absolute atomic E-state index is 12.3. The van der Waals surface area contributed by atoms with Gasteiger partial charge in [0.05, 0.1) is 12.5 Å². The molecule has 1 N–H and O–H groups in total. The number of hydrogen-bond donors (Lipinski definition) is 1. The molecule has 23 heavy (non-hydrogen) atoms. The Morgan fingerprint density at radius 2 is 2.04 bits per heavy atom. The first-order chi connectivity index (χ1) is 11.2. The smallest absolute Gasteiger partial charge is 0.287 e. The van der Waals surface area contributed by atoms with Crippen LogP contribution >= 0.6 is 0 Å². The predicted octanol–water partition coefficient (Wildman–Crippen LogP) is 3.11. The van der Waals surface area contributed by atoms with Gasteiger partial charge in [-0.05, 0) is 30.9 Å². The molecular weight excluding hydrogens is 294 g/mol. The van der Waals surface area contributed by atoms with Crippen molar-refractivity contribution >= 4 is 16.9 Å². The lowest BCUT2D eigenvalue weighted by Crippen LogP contribution is -2.30. The number of hydrogen-bond acceptors (Lipinski definition) is 4. The molecule has 1 aromatic heterocycles. The fourth-order valence-corrected chi connectivity index (χ4v) is 3.09. The number of carbonyl (C=O) groups is 1. The molecule has 5 heteroatoms. The Morgan fingerprint density at radius 1 is 1.26 bits per heavy atom. The van der Waals surface area contributed by atoms with Gasteiger partial charge in [0.25, 0.3) is 5.91 Å². The van der Waals surface area contributed by atoms with E-state index in [1.54, 1.807) is 25.3 Å². The minimum absolute atomic E-state index is 0.0477. The fraction of sp³-hybridized carbons (Fsp3) is 0.444. The third kappa shape index (κ3) is 3.55. The first-order valence-electron chi connectivity index (χ1n) is 8.07. The molecule has 0 bridgehead atoms. The van der Waals surface area contributed by atoms with E-state index < -0.39 is 0 Å². The van der Waals surface area contributed by atoms with Crippen molar-refractivity contribution in [1.29, 1.82) is 0 Å². The first-order valence-corrected chi connectivity index (χ1v) is 8.07. The van der Waals surface area contributed by atoms with E-state index in [4.69, 9.17) is 9.15 Å². The highest BCUT2D eigenvalue weighted by Gasteiger charge is 2.17. The summed E-state index contributed by atoms with van der Waals surface area (Å²) in [5.74, 6) is 0.823. The summed E-state index contributed by atoms with van der Waals surface area (Å²) < 4.78 is 10.7. The van der Waals surface area contributed by atoms with E-state index in [1.807, 2.05) is 0 Å². The highest BCUT2D eigenvalue weighted by molar-refractivity contribution is 5.93. The Kier molecular flexibility index (Phi) is 4.65. The molecule has 2 aromatic rings. The highest BCUT2D eigenvalue weighted by Crippen LogP contribution is 2.23. The molecule has 3 rings (SSSR count). The summed E-state index contributed by atoms with van der Waals surface area (Å²) in [7, 11) is 1.54. The van der Waals surface area contributed by atoms with Crippen LogP contribution in [0.4, 0.5) is 0 Å². The van der Waals surface area contributed by atoms with E-state index in [0.717, 1.165) is 12.8 Å². The molecule has 1 aliphatic carbocycles. The summed E-state index contributed by atoms with van der Waals surface area (Å²) in [5, 5.41) is 3.33. The largest absolute Gasteiger partial charge is 0.497 e. The van der Waals surface area contributed by atoms with Crippen LogP contribution in [0.5, 0.6) is 5.75 Å². The van der Waals surface area contributed by atoms with Crippen molar-refractivity contribution in [2.24, 2.45) is 5.92 Å². The Morgan fingerprint density at radius 3 is 2.78 bits per heavy atom. The summed E-state index contributed by atoms with van der Waals surface area (Å²) in [6.07, 6.45) is 6.04. The lowest BCUT2D eigenvalue weighted by molar-refractivity contribution is 0.0916. The average molecular weight is 315 g/mol. The van der Waals surface area contributed by atoms with Gasteiger partial charge in [0.2, 0.25) is 0 Å². The Bertz CT molecular complexity index is 759. The van der Waals surface area contributed by atoms with Crippen LogP contribution < -0.4 is 15.5 Å². The van der Waals surface area contributed by atoms with Gasteiger partial charge in [-0.3, -0.25) is 9.59 Å². The Hall–Kier alpha value is -2.30. The molecule has 0 aliphatic heterocycles. The second kappa shape index (κ2) is 6.86. The normalized spacial score (nSPS) is 15.5. The van der Waals surface area contributed by atoms with Crippen molar-refractivity contribution in [1.82, 2.24) is 5.32 Å². The third-order valence-corrected chi connectivity index (χ3v) is 4.44. The van der Waals surface area contributed by atoms with Gasteiger partial charge in [-0.15, -0.1) is 0 Å². The van der Waals surface area contributed by atoms with Gasteiger partial charge in [0.15, 0.2) is 11.2 Å². The number of amides is 1. The van der Waals surface area contributed by atoms with Gasteiger partial charge in [-0.25, -0.2) is 0 Å². The van der Waals surface area contributed by atoms with Crippen LogP contribution in [-0.2, 0) is 0 Å². The number of methoxy groups -OCH3 is 1. The summed E-state index contributed by atoms with van der Waals surface area (Å²) in [4.78, 5) is 24.4. The molecule has 0 spiro atoms. The topological polar surface area (TPSA) is 68.5 Å². The van der Waals surface area contributed by atoms with Gasteiger partial charge in [-0.1, -0.05) is 19.3 Å². The molecule has 0 unspecified atom stereocenters. The number of fused-ring (bicyclic) bond motifs is 1. The zero-order chi connectivity index (χ0) is 16.2. The van der Waals surface area contributed by atoms with Gasteiger partial charge in [0, 0.05) is 18.7 Å². The molecule has 0 saturated heterocycles. The number of benzene rings is 1. The van der Waals surface area contributed by atoms with Crippen LogP contribution in [0.15, 0.2) is 33.5 Å². The third-order valence-electron chi connectivity index (χ3n) is 4.44. The summed E-state index contributed by atoms with van der Waals surface area (Å²) >= 11 is 0. The summed E-state index contributed by atoms with van der Waals surface area (Å²) in [5.41, 5.74) is 0.136. The molecule has 1 fully saturated rings. The monoisotopic (exact) mass is 315 g/mol. The van der Waals surface area contributed by atoms with Gasteiger partial charge in [-0.2, -0.15) is 0 Å². The quantitative estimate of drug-likeness (QED) is 0.941. The molecule has 1 aromatic carbocycles. The maximum atomic E-state index is 12.3. The van der Waals surface area contributed by atoms with Crippen LogP contribution in [0.2, 0.25) is 0 Å². The standard InChI is InChI=1S/C18H21NO4/c1-22-13-7-8-14-15(20)10-17(23-16(14)9-13)18(21)19-11-12-5-3-2-4-6-12/h7-10,12H,2-6,11H2,1H3,(H,19,21). The SMILES string of the molecule is COc1ccc2c(=O)cc(C(=O)NCC3CCCCC3)oc2c1. The first kappa shape index (κ1) is 15.6. The Balaban J connectivity index is 1.78. The van der Waals surface area contributed by atoms with Gasteiger partial charge in [0.1, 0.15) is 11.3 Å². The molecule has 122 valence electrons. The van der Waals surface area contributed by atoms with Crippen molar-refractivity contribution < 1.29 is 13.9 Å². The highest BCUT2D eigenvalue weighted by atomic mass is 16.5. The summed E-state index contributed by atoms with van der Waals surface area (Å²) in [6.45, 7) is 0.638. The minimum Gasteiger partial charge on any atom is -0.497 e. The number of nitrogens with one attached hydrogen (secondary N) is 1. The second-order valence-electron chi connectivity index (χ2n) is 6.05. The average Bonchev–Trinajstić information content (AvgIpc) is 2.60. The number of ether oxygens (including phenoxy) is 1. The molecule has 0 atom stereocenters. The maximum Gasteiger partial charge on any atom is 0.287 e. The van der Waals surface area contributed by atoms with Crippen LogP contribution in [0.1, 0.15) is 42.7 Å². The van der Waals surface area contributed by atoms with Crippen molar-refractivity contribution in [3.8, 4) is 5.75 Å². The number of rotatable bonds is 4. The van der Waals surface area contributed by atoms with E-state index in [2.05, 4.69) is 5.32 Å². The number of carbonyl (C=O) groups excluding carboxylic acids is 1. The van der Waals surface area contributed by atoms with E-state index in [-0.39, 0.29) is 17.1 Å². The van der Waals surface area contributed by atoms with Gasteiger partial charge < -0.3 is 14.5 Å². The van der Waals surface area contributed by atoms with Crippen molar-refractivity contribution in [3.63, 3.8) is 0 Å². The lowest BCUT2D eigenvalue weighted by Gasteiger charge is -2.21. The zero-order valence-corrected chi connectivity index (χ0v) is 13.3. The molecule has 1 aliphatic rings. The van der Waals surface area contributed by atoms with Crippen molar-refractivity contribution in [2.45, 2.75) is 32.1 Å².